The smallest absolute Gasteiger partial charge is 0.167 e. The molecule has 1 aliphatic rings. The van der Waals surface area contributed by atoms with Crippen LogP contribution in [0.25, 0.3) is 11.0 Å². The van der Waals surface area contributed by atoms with E-state index in [-0.39, 0.29) is 10.8 Å². The number of morpholine rings is 1. The fourth-order valence-corrected chi connectivity index (χ4v) is 3.38. The Morgan fingerprint density at radius 3 is 2.87 bits per heavy atom. The van der Waals surface area contributed by atoms with Gasteiger partial charge in [-0.3, -0.25) is 4.90 Å². The van der Waals surface area contributed by atoms with Gasteiger partial charge in [-0.2, -0.15) is 0 Å². The van der Waals surface area contributed by atoms with Crippen LogP contribution in [0.15, 0.2) is 30.6 Å². The zero-order valence-electron chi connectivity index (χ0n) is 16.3. The van der Waals surface area contributed by atoms with Crippen molar-refractivity contribution >= 4 is 40.0 Å². The fourth-order valence-electron chi connectivity index (χ4n) is 3.19. The Balaban J connectivity index is 1.45. The Morgan fingerprint density at radius 1 is 1.23 bits per heavy atom. The molecule has 0 atom stereocenters. The van der Waals surface area contributed by atoms with Crippen LogP contribution in [-0.4, -0.2) is 59.3 Å². The SMILES string of the molecule is Nc1nc2c(Nc3ccc(F)c(Cl)c3)ncnc2cc1OCCCN1CCOCC1. The van der Waals surface area contributed by atoms with Crippen molar-refractivity contribution in [3.63, 3.8) is 0 Å². The molecule has 0 amide bonds. The van der Waals surface area contributed by atoms with Crippen LogP contribution in [-0.2, 0) is 4.74 Å². The van der Waals surface area contributed by atoms with Gasteiger partial charge in [-0.1, -0.05) is 11.6 Å². The number of rotatable bonds is 7. The number of benzene rings is 1. The van der Waals surface area contributed by atoms with Crippen LogP contribution in [0.2, 0.25) is 5.02 Å². The molecular formula is C20H22ClFN6O2. The van der Waals surface area contributed by atoms with Crippen LogP contribution in [0.4, 0.5) is 21.7 Å². The first-order valence-electron chi connectivity index (χ1n) is 9.66. The zero-order chi connectivity index (χ0) is 20.9. The number of hydrogen-bond acceptors (Lipinski definition) is 8. The Hall–Kier alpha value is -2.75. The number of nitrogens with two attached hydrogens (primary N) is 1. The van der Waals surface area contributed by atoms with E-state index in [9.17, 15) is 4.39 Å². The van der Waals surface area contributed by atoms with E-state index in [4.69, 9.17) is 26.8 Å². The summed E-state index contributed by atoms with van der Waals surface area (Å²) in [5.41, 5.74) is 7.74. The van der Waals surface area contributed by atoms with Crippen molar-refractivity contribution < 1.29 is 13.9 Å². The van der Waals surface area contributed by atoms with Gasteiger partial charge in [-0.15, -0.1) is 0 Å². The molecule has 4 rings (SSSR count). The summed E-state index contributed by atoms with van der Waals surface area (Å²) >= 11 is 5.85. The van der Waals surface area contributed by atoms with Crippen LogP contribution in [0.1, 0.15) is 6.42 Å². The van der Waals surface area contributed by atoms with Crippen LogP contribution in [0.5, 0.6) is 5.75 Å². The minimum atomic E-state index is -0.493. The number of nitrogen functional groups attached to an aromatic ring is 1. The molecule has 158 valence electrons. The lowest BCUT2D eigenvalue weighted by molar-refractivity contribution is 0.0358. The maximum Gasteiger partial charge on any atom is 0.167 e. The average Bonchev–Trinajstić information content (AvgIpc) is 2.75. The highest BCUT2D eigenvalue weighted by Gasteiger charge is 2.13. The second kappa shape index (κ2) is 9.38. The van der Waals surface area contributed by atoms with Crippen molar-refractivity contribution in [2.45, 2.75) is 6.42 Å². The van der Waals surface area contributed by atoms with Gasteiger partial charge in [0.15, 0.2) is 17.4 Å². The summed E-state index contributed by atoms with van der Waals surface area (Å²) in [6, 6.07) is 6.06. The third-order valence-electron chi connectivity index (χ3n) is 4.77. The van der Waals surface area contributed by atoms with Crippen LogP contribution in [0.3, 0.4) is 0 Å². The molecule has 3 aromatic rings. The van der Waals surface area contributed by atoms with E-state index in [2.05, 4.69) is 25.2 Å². The molecule has 3 heterocycles. The molecule has 30 heavy (non-hydrogen) atoms. The van der Waals surface area contributed by atoms with Crippen LogP contribution < -0.4 is 15.8 Å². The number of fused-ring (bicyclic) bond motifs is 1. The molecular weight excluding hydrogens is 411 g/mol. The summed E-state index contributed by atoms with van der Waals surface area (Å²) in [5, 5.41) is 3.09. The molecule has 2 aromatic heterocycles. The van der Waals surface area contributed by atoms with E-state index < -0.39 is 5.82 Å². The van der Waals surface area contributed by atoms with Crippen molar-refractivity contribution in [3.8, 4) is 5.75 Å². The molecule has 0 radical (unpaired) electrons. The fraction of sp³-hybridized carbons (Fsp3) is 0.350. The van der Waals surface area contributed by atoms with E-state index in [0.29, 0.717) is 34.9 Å². The van der Waals surface area contributed by atoms with E-state index in [1.54, 1.807) is 12.1 Å². The predicted octanol–water partition coefficient (Wildman–Crippen LogP) is 3.24. The summed E-state index contributed by atoms with van der Waals surface area (Å²) in [5.74, 6) is 0.684. The van der Waals surface area contributed by atoms with Gasteiger partial charge in [0.2, 0.25) is 0 Å². The number of ether oxygens (including phenoxy) is 2. The molecule has 8 nitrogen and oxygen atoms in total. The summed E-state index contributed by atoms with van der Waals surface area (Å²) in [7, 11) is 0. The Bertz CT molecular complexity index is 1030. The van der Waals surface area contributed by atoms with Gasteiger partial charge in [0, 0.05) is 31.4 Å². The predicted molar refractivity (Wildman–Crippen MR) is 114 cm³/mol. The number of pyridine rings is 1. The van der Waals surface area contributed by atoms with E-state index >= 15 is 0 Å². The monoisotopic (exact) mass is 432 g/mol. The highest BCUT2D eigenvalue weighted by molar-refractivity contribution is 6.31. The number of anilines is 3. The van der Waals surface area contributed by atoms with E-state index in [1.165, 1.54) is 18.5 Å². The first-order valence-corrected chi connectivity index (χ1v) is 10.0. The topological polar surface area (TPSA) is 98.4 Å². The number of hydrogen-bond donors (Lipinski definition) is 2. The van der Waals surface area contributed by atoms with Crippen molar-refractivity contribution in [1.29, 1.82) is 0 Å². The van der Waals surface area contributed by atoms with E-state index in [1.807, 2.05) is 0 Å². The summed E-state index contributed by atoms with van der Waals surface area (Å²) in [6.07, 6.45) is 2.29. The molecule has 1 aliphatic heterocycles. The second-order valence-corrected chi connectivity index (χ2v) is 7.28. The lowest BCUT2D eigenvalue weighted by Crippen LogP contribution is -2.37. The summed E-state index contributed by atoms with van der Waals surface area (Å²) < 4.78 is 24.6. The molecule has 10 heteroatoms. The largest absolute Gasteiger partial charge is 0.490 e. The third kappa shape index (κ3) is 4.86. The van der Waals surface area contributed by atoms with Gasteiger partial charge in [0.05, 0.1) is 30.4 Å². The number of nitrogens with zero attached hydrogens (tertiary/aromatic N) is 4. The van der Waals surface area contributed by atoms with Crippen LogP contribution >= 0.6 is 11.6 Å². The normalized spacial score (nSPS) is 14.7. The maximum absolute atomic E-state index is 13.4. The Labute approximate surface area is 178 Å². The van der Waals surface area contributed by atoms with Crippen molar-refractivity contribution in [2.24, 2.45) is 0 Å². The van der Waals surface area contributed by atoms with Gasteiger partial charge >= 0.3 is 0 Å². The first kappa shape index (κ1) is 20.5. The van der Waals surface area contributed by atoms with Crippen molar-refractivity contribution in [2.75, 3.05) is 50.5 Å². The van der Waals surface area contributed by atoms with Crippen molar-refractivity contribution in [3.05, 3.63) is 41.4 Å². The zero-order valence-corrected chi connectivity index (χ0v) is 17.0. The first-order chi connectivity index (χ1) is 14.6. The molecule has 1 aromatic carbocycles. The molecule has 3 N–H and O–H groups in total. The molecule has 1 saturated heterocycles. The Kier molecular flexibility index (Phi) is 6.41. The standard InChI is InChI=1S/C20H22ClFN6O2/c21-14-10-13(2-3-15(14)22)26-20-18-16(24-12-25-20)11-17(19(23)27-18)30-7-1-4-28-5-8-29-9-6-28/h2-3,10-12H,1,4-9H2,(H2,23,27)(H,24,25,26). The minimum Gasteiger partial charge on any atom is -0.490 e. The number of aromatic nitrogens is 3. The molecule has 0 saturated carbocycles. The summed E-state index contributed by atoms with van der Waals surface area (Å²) in [4.78, 5) is 15.2. The van der Waals surface area contributed by atoms with E-state index in [0.717, 1.165) is 39.3 Å². The maximum atomic E-state index is 13.4. The lowest BCUT2D eigenvalue weighted by atomic mass is 10.3. The quantitative estimate of drug-likeness (QED) is 0.549. The Morgan fingerprint density at radius 2 is 2.07 bits per heavy atom. The molecule has 0 bridgehead atoms. The molecule has 1 fully saturated rings. The lowest BCUT2D eigenvalue weighted by Gasteiger charge is -2.26. The highest BCUT2D eigenvalue weighted by atomic mass is 35.5. The van der Waals surface area contributed by atoms with Crippen LogP contribution in [0, 0.1) is 5.82 Å². The van der Waals surface area contributed by atoms with Crippen molar-refractivity contribution in [1.82, 2.24) is 19.9 Å². The molecule has 0 spiro atoms. The molecule has 0 unspecified atom stereocenters. The minimum absolute atomic E-state index is 0.0126. The average molecular weight is 433 g/mol. The van der Waals surface area contributed by atoms with Gasteiger partial charge in [-0.25, -0.2) is 19.3 Å². The molecule has 0 aliphatic carbocycles. The van der Waals surface area contributed by atoms with Gasteiger partial charge < -0.3 is 20.5 Å². The highest BCUT2D eigenvalue weighted by Crippen LogP contribution is 2.29. The second-order valence-electron chi connectivity index (χ2n) is 6.87. The number of nitrogens with one attached hydrogen (secondary N) is 1. The van der Waals surface area contributed by atoms with Gasteiger partial charge in [0.25, 0.3) is 0 Å². The number of halogens is 2. The van der Waals surface area contributed by atoms with Gasteiger partial charge in [0.1, 0.15) is 17.7 Å². The summed E-state index contributed by atoms with van der Waals surface area (Å²) in [6.45, 7) is 4.93. The third-order valence-corrected chi connectivity index (χ3v) is 5.06. The van der Waals surface area contributed by atoms with Gasteiger partial charge in [-0.05, 0) is 24.6 Å².